The van der Waals surface area contributed by atoms with Crippen molar-refractivity contribution in [1.29, 1.82) is 0 Å². The predicted molar refractivity (Wildman–Crippen MR) is 139 cm³/mol. The van der Waals surface area contributed by atoms with Crippen LogP contribution in [0.4, 0.5) is 5.13 Å². The van der Waals surface area contributed by atoms with Crippen molar-refractivity contribution in [2.24, 2.45) is 0 Å². The number of aromatic nitrogens is 4. The van der Waals surface area contributed by atoms with Gasteiger partial charge in [-0.25, -0.2) is 4.98 Å². The molecule has 0 radical (unpaired) electrons. The molecule has 1 aromatic carbocycles. The standard InChI is InChI=1S/C25H28N6O2S2/c1-25(2,3)23-29-30-24(35-23)28-21(33)19-14-34-22(27-19)15-8-10-31(11-9-15)20(32)12-16-13-26-18-7-5-4-6-17(16)18/h4-7,13-15,26H,8-12H2,1-3H3,(H,28,30,33). The van der Waals surface area contributed by atoms with E-state index in [1.165, 1.54) is 22.7 Å². The SMILES string of the molecule is CC(C)(C)c1nnc(NC(=O)c2csc(C3CCN(C(=O)Cc4c[nH]c5ccccc45)CC3)n2)s1. The van der Waals surface area contributed by atoms with E-state index in [9.17, 15) is 9.59 Å². The molecule has 3 aromatic heterocycles. The van der Waals surface area contributed by atoms with Gasteiger partial charge < -0.3 is 9.88 Å². The molecule has 1 saturated heterocycles. The molecule has 8 nitrogen and oxygen atoms in total. The maximum absolute atomic E-state index is 12.9. The normalized spacial score (nSPS) is 15.0. The van der Waals surface area contributed by atoms with Gasteiger partial charge in [0.05, 0.1) is 11.4 Å². The number of carbonyl (C=O) groups excluding carboxylic acids is 2. The minimum atomic E-state index is -0.268. The van der Waals surface area contributed by atoms with Crippen molar-refractivity contribution in [2.45, 2.75) is 51.4 Å². The molecule has 2 amide bonds. The van der Waals surface area contributed by atoms with E-state index in [0.717, 1.165) is 39.3 Å². The second kappa shape index (κ2) is 9.50. The number of nitrogens with zero attached hydrogens (tertiary/aromatic N) is 4. The van der Waals surface area contributed by atoms with E-state index in [-0.39, 0.29) is 23.1 Å². The van der Waals surface area contributed by atoms with Crippen molar-refractivity contribution in [2.75, 3.05) is 18.4 Å². The van der Waals surface area contributed by atoms with Gasteiger partial charge in [0.25, 0.3) is 5.91 Å². The number of rotatable bonds is 5. The molecule has 0 saturated carbocycles. The number of aromatic amines is 1. The lowest BCUT2D eigenvalue weighted by atomic mass is 9.97. The first-order valence-electron chi connectivity index (χ1n) is 11.7. The van der Waals surface area contributed by atoms with Crippen LogP contribution in [0.5, 0.6) is 0 Å². The van der Waals surface area contributed by atoms with E-state index in [0.29, 0.717) is 30.3 Å². The summed E-state index contributed by atoms with van der Waals surface area (Å²) in [4.78, 5) is 35.4. The molecule has 10 heteroatoms. The minimum absolute atomic E-state index is 0.111. The second-order valence-corrected chi connectivity index (χ2v) is 11.7. The average molecular weight is 509 g/mol. The Morgan fingerprint density at radius 1 is 1.17 bits per heavy atom. The van der Waals surface area contributed by atoms with Gasteiger partial charge >= 0.3 is 0 Å². The summed E-state index contributed by atoms with van der Waals surface area (Å²) in [6.45, 7) is 7.59. The summed E-state index contributed by atoms with van der Waals surface area (Å²) < 4.78 is 0. The third-order valence-corrected chi connectivity index (χ3v) is 8.53. The predicted octanol–water partition coefficient (Wildman–Crippen LogP) is 4.97. The molecule has 182 valence electrons. The highest BCUT2D eigenvalue weighted by Gasteiger charge is 2.27. The fourth-order valence-electron chi connectivity index (χ4n) is 4.25. The molecule has 1 aliphatic rings. The summed E-state index contributed by atoms with van der Waals surface area (Å²) in [7, 11) is 0. The molecule has 35 heavy (non-hydrogen) atoms. The lowest BCUT2D eigenvalue weighted by Crippen LogP contribution is -2.38. The molecular weight excluding hydrogens is 480 g/mol. The molecule has 0 spiro atoms. The zero-order valence-corrected chi connectivity index (χ0v) is 21.6. The van der Waals surface area contributed by atoms with Gasteiger partial charge in [0, 0.05) is 46.9 Å². The molecule has 1 fully saturated rings. The van der Waals surface area contributed by atoms with Crippen molar-refractivity contribution in [1.82, 2.24) is 25.1 Å². The first-order valence-corrected chi connectivity index (χ1v) is 13.4. The Balaban J connectivity index is 1.16. The van der Waals surface area contributed by atoms with Crippen LogP contribution in [0.15, 0.2) is 35.8 Å². The van der Waals surface area contributed by atoms with Crippen molar-refractivity contribution >= 4 is 50.5 Å². The van der Waals surface area contributed by atoms with Gasteiger partial charge in [-0.3, -0.25) is 14.9 Å². The van der Waals surface area contributed by atoms with Crippen molar-refractivity contribution < 1.29 is 9.59 Å². The molecule has 5 rings (SSSR count). The van der Waals surface area contributed by atoms with Crippen molar-refractivity contribution in [3.8, 4) is 0 Å². The van der Waals surface area contributed by atoms with Gasteiger partial charge in [0.15, 0.2) is 0 Å². The number of nitrogens with one attached hydrogen (secondary N) is 2. The fourth-order valence-corrected chi connectivity index (χ4v) is 6.01. The van der Waals surface area contributed by atoms with Gasteiger partial charge in [0.1, 0.15) is 10.7 Å². The zero-order chi connectivity index (χ0) is 24.6. The highest BCUT2D eigenvalue weighted by atomic mass is 32.1. The van der Waals surface area contributed by atoms with Gasteiger partial charge in [0.2, 0.25) is 11.0 Å². The topological polar surface area (TPSA) is 104 Å². The molecule has 0 bridgehead atoms. The van der Waals surface area contributed by atoms with E-state index < -0.39 is 0 Å². The number of para-hydroxylation sites is 1. The molecule has 0 aliphatic carbocycles. The highest BCUT2D eigenvalue weighted by molar-refractivity contribution is 7.15. The van der Waals surface area contributed by atoms with Crippen LogP contribution < -0.4 is 5.32 Å². The Kier molecular flexibility index (Phi) is 6.41. The summed E-state index contributed by atoms with van der Waals surface area (Å²) in [5, 5.41) is 16.3. The Labute approximate surface area is 211 Å². The maximum Gasteiger partial charge on any atom is 0.276 e. The highest BCUT2D eigenvalue weighted by Crippen LogP contribution is 2.32. The number of likely N-dealkylation sites (tertiary alicyclic amines) is 1. The largest absolute Gasteiger partial charge is 0.361 e. The first kappa shape index (κ1) is 23.6. The molecule has 4 heterocycles. The van der Waals surface area contributed by atoms with E-state index in [4.69, 9.17) is 0 Å². The van der Waals surface area contributed by atoms with Crippen LogP contribution >= 0.6 is 22.7 Å². The van der Waals surface area contributed by atoms with Crippen LogP contribution in [0, 0.1) is 0 Å². The number of benzene rings is 1. The Morgan fingerprint density at radius 3 is 2.69 bits per heavy atom. The zero-order valence-electron chi connectivity index (χ0n) is 20.0. The minimum Gasteiger partial charge on any atom is -0.361 e. The Hall–Kier alpha value is -3.11. The maximum atomic E-state index is 12.9. The van der Waals surface area contributed by atoms with Gasteiger partial charge in [-0.05, 0) is 24.5 Å². The summed E-state index contributed by atoms with van der Waals surface area (Å²) in [5.74, 6) is 0.141. The number of anilines is 1. The second-order valence-electron chi connectivity index (χ2n) is 9.88. The molecule has 2 N–H and O–H groups in total. The quantitative estimate of drug-likeness (QED) is 0.396. The number of H-pyrrole nitrogens is 1. The van der Waals surface area contributed by atoms with Crippen molar-refractivity contribution in [3.05, 3.63) is 57.1 Å². The van der Waals surface area contributed by atoms with Gasteiger partial charge in [-0.15, -0.1) is 21.5 Å². The van der Waals surface area contributed by atoms with E-state index in [2.05, 4.69) is 46.3 Å². The smallest absolute Gasteiger partial charge is 0.276 e. The van der Waals surface area contributed by atoms with Crippen molar-refractivity contribution in [3.63, 3.8) is 0 Å². The van der Waals surface area contributed by atoms with Crippen LogP contribution in [-0.4, -0.2) is 50.0 Å². The third kappa shape index (κ3) is 5.13. The number of piperidine rings is 1. The Morgan fingerprint density at radius 2 is 1.94 bits per heavy atom. The Bertz CT molecular complexity index is 1360. The molecule has 1 aliphatic heterocycles. The summed E-state index contributed by atoms with van der Waals surface area (Å²) in [6, 6.07) is 8.05. The van der Waals surface area contributed by atoms with Crippen LogP contribution in [0.25, 0.3) is 10.9 Å². The number of carbonyl (C=O) groups is 2. The first-order chi connectivity index (χ1) is 16.8. The number of fused-ring (bicyclic) bond motifs is 1. The number of amides is 2. The molecule has 0 atom stereocenters. The van der Waals surface area contributed by atoms with Gasteiger partial charge in [-0.2, -0.15) is 0 Å². The van der Waals surface area contributed by atoms with Gasteiger partial charge in [-0.1, -0.05) is 50.3 Å². The molecular formula is C25H28N6O2S2. The van der Waals surface area contributed by atoms with E-state index >= 15 is 0 Å². The number of hydrogen-bond acceptors (Lipinski definition) is 7. The lowest BCUT2D eigenvalue weighted by Gasteiger charge is -2.31. The third-order valence-electron chi connectivity index (χ3n) is 6.26. The monoisotopic (exact) mass is 508 g/mol. The molecule has 0 unspecified atom stereocenters. The van der Waals surface area contributed by atoms with Crippen LogP contribution in [-0.2, 0) is 16.6 Å². The van der Waals surface area contributed by atoms with E-state index in [1.807, 2.05) is 35.4 Å². The van der Waals surface area contributed by atoms with Crippen LogP contribution in [0.1, 0.15) is 65.6 Å². The van der Waals surface area contributed by atoms with Crippen LogP contribution in [0.3, 0.4) is 0 Å². The summed E-state index contributed by atoms with van der Waals surface area (Å²) >= 11 is 2.89. The van der Waals surface area contributed by atoms with E-state index in [1.54, 1.807) is 5.38 Å². The summed E-state index contributed by atoms with van der Waals surface area (Å²) in [5.41, 5.74) is 2.38. The number of hydrogen-bond donors (Lipinski definition) is 2. The number of thiazole rings is 1. The molecule has 4 aromatic rings. The average Bonchev–Trinajstić information content (AvgIpc) is 3.59. The lowest BCUT2D eigenvalue weighted by molar-refractivity contribution is -0.131. The fraction of sp³-hybridized carbons (Fsp3) is 0.400. The summed E-state index contributed by atoms with van der Waals surface area (Å²) in [6.07, 6.45) is 4.03. The van der Waals surface area contributed by atoms with Crippen LogP contribution in [0.2, 0.25) is 0 Å².